The van der Waals surface area contributed by atoms with Crippen molar-refractivity contribution in [3.05, 3.63) is 54.1 Å². The van der Waals surface area contributed by atoms with E-state index in [2.05, 4.69) is 0 Å². The Hall–Kier alpha value is -3.00. The molecule has 0 saturated carbocycles. The zero-order chi connectivity index (χ0) is 19.2. The monoisotopic (exact) mass is 383 g/mol. The topological polar surface area (TPSA) is 92.9 Å². The van der Waals surface area contributed by atoms with Gasteiger partial charge in [-0.25, -0.2) is 0 Å². The number of carbonyl (C=O) groups is 3. The average Bonchev–Trinajstić information content (AvgIpc) is 3.13. The summed E-state index contributed by atoms with van der Waals surface area (Å²) in [4.78, 5) is 39.4. The fourth-order valence-electron chi connectivity index (χ4n) is 3.60. The van der Waals surface area contributed by atoms with E-state index in [-0.39, 0.29) is 24.1 Å². The van der Waals surface area contributed by atoms with E-state index in [1.165, 1.54) is 21.6 Å². The van der Waals surface area contributed by atoms with Crippen molar-refractivity contribution < 1.29 is 19.1 Å². The van der Waals surface area contributed by atoms with E-state index in [0.29, 0.717) is 22.7 Å². The van der Waals surface area contributed by atoms with E-state index in [0.717, 1.165) is 0 Å². The molecular weight excluding hydrogens is 366 g/mol. The number of carbonyl (C=O) groups excluding carboxylic acids is 3. The van der Waals surface area contributed by atoms with Crippen LogP contribution in [0.4, 0.5) is 11.4 Å². The zero-order valence-electron chi connectivity index (χ0n) is 14.5. The number of anilines is 2. The lowest BCUT2D eigenvalue weighted by atomic mass is 10.0. The predicted molar refractivity (Wildman–Crippen MR) is 103 cm³/mol. The summed E-state index contributed by atoms with van der Waals surface area (Å²) < 4.78 is 5.18. The van der Waals surface area contributed by atoms with Crippen molar-refractivity contribution in [2.75, 3.05) is 29.2 Å². The molecule has 7 nitrogen and oxygen atoms in total. The maximum Gasteiger partial charge on any atom is 0.269 e. The van der Waals surface area contributed by atoms with Gasteiger partial charge in [0, 0.05) is 11.3 Å². The molecule has 1 atom stereocenters. The number of ether oxygens (including phenoxy) is 1. The Morgan fingerprint density at radius 1 is 1.19 bits per heavy atom. The molecule has 138 valence electrons. The first-order chi connectivity index (χ1) is 13.0. The molecule has 1 saturated heterocycles. The van der Waals surface area contributed by atoms with Crippen LogP contribution in [0.1, 0.15) is 5.56 Å². The molecule has 27 heavy (non-hydrogen) atoms. The fraction of sp³-hybridized carbons (Fsp3) is 0.211. The van der Waals surface area contributed by atoms with Crippen molar-refractivity contribution in [2.45, 2.75) is 4.87 Å². The number of fused-ring (bicyclic) bond motifs is 2. The normalized spacial score (nSPS) is 21.1. The molecule has 2 aliphatic rings. The number of benzene rings is 2. The Balaban J connectivity index is 1.87. The second-order valence-corrected chi connectivity index (χ2v) is 7.40. The third kappa shape index (κ3) is 2.48. The predicted octanol–water partition coefficient (Wildman–Crippen LogP) is 1.46. The van der Waals surface area contributed by atoms with Gasteiger partial charge in [0.05, 0.1) is 18.6 Å². The molecule has 2 N–H and O–H groups in total. The van der Waals surface area contributed by atoms with E-state index in [9.17, 15) is 14.4 Å². The minimum atomic E-state index is -1.24. The van der Waals surface area contributed by atoms with Crippen LogP contribution in [-0.4, -0.2) is 37.1 Å². The van der Waals surface area contributed by atoms with E-state index in [1.807, 2.05) is 12.1 Å². The molecular formula is C19H17N3O4S. The Kier molecular flexibility index (Phi) is 4.07. The number of nitrogens with zero attached hydrogens (tertiary/aromatic N) is 2. The van der Waals surface area contributed by atoms with Crippen molar-refractivity contribution in [1.82, 2.24) is 0 Å². The number of primary amides is 1. The fourth-order valence-corrected chi connectivity index (χ4v) is 4.96. The van der Waals surface area contributed by atoms with Gasteiger partial charge in [-0.1, -0.05) is 18.2 Å². The van der Waals surface area contributed by atoms with E-state index in [1.54, 1.807) is 43.5 Å². The van der Waals surface area contributed by atoms with Crippen LogP contribution < -0.4 is 20.3 Å². The van der Waals surface area contributed by atoms with Gasteiger partial charge in [-0.2, -0.15) is 0 Å². The second kappa shape index (κ2) is 6.31. The summed E-state index contributed by atoms with van der Waals surface area (Å²) in [5, 5.41) is 0. The minimum Gasteiger partial charge on any atom is -0.497 e. The zero-order valence-corrected chi connectivity index (χ0v) is 15.4. The SMILES string of the molecule is COc1ccc(N2C(=O)CS[C@@]23C(=O)N(CC(N)=O)c2ccccc23)cc1. The highest BCUT2D eigenvalue weighted by Crippen LogP contribution is 2.55. The number of para-hydroxylation sites is 1. The molecule has 0 aliphatic carbocycles. The van der Waals surface area contributed by atoms with Crippen LogP contribution in [0.15, 0.2) is 48.5 Å². The molecule has 0 unspecified atom stereocenters. The van der Waals surface area contributed by atoms with Gasteiger partial charge in [0.1, 0.15) is 12.3 Å². The maximum absolute atomic E-state index is 13.5. The van der Waals surface area contributed by atoms with E-state index < -0.39 is 10.8 Å². The molecule has 0 bridgehead atoms. The summed E-state index contributed by atoms with van der Waals surface area (Å²) in [5.41, 5.74) is 7.22. The first-order valence-electron chi connectivity index (χ1n) is 8.30. The van der Waals surface area contributed by atoms with Crippen LogP contribution in [-0.2, 0) is 19.3 Å². The van der Waals surface area contributed by atoms with Gasteiger partial charge < -0.3 is 10.5 Å². The quantitative estimate of drug-likeness (QED) is 0.863. The van der Waals surface area contributed by atoms with Crippen LogP contribution in [0, 0.1) is 0 Å². The van der Waals surface area contributed by atoms with Crippen molar-refractivity contribution in [3.8, 4) is 5.75 Å². The summed E-state index contributed by atoms with van der Waals surface area (Å²) in [5.74, 6) is -0.305. The third-order valence-electron chi connectivity index (χ3n) is 4.71. The minimum absolute atomic E-state index is 0.163. The molecule has 8 heteroatoms. The number of nitrogens with two attached hydrogens (primary N) is 1. The van der Waals surface area contributed by atoms with Crippen LogP contribution in [0.2, 0.25) is 0 Å². The smallest absolute Gasteiger partial charge is 0.269 e. The summed E-state index contributed by atoms with van der Waals surface area (Å²) >= 11 is 1.26. The molecule has 1 spiro atoms. The van der Waals surface area contributed by atoms with Crippen molar-refractivity contribution in [2.24, 2.45) is 5.73 Å². The third-order valence-corrected chi connectivity index (χ3v) is 6.09. The first-order valence-corrected chi connectivity index (χ1v) is 9.28. The first kappa shape index (κ1) is 17.4. The van der Waals surface area contributed by atoms with Crippen molar-refractivity contribution in [3.63, 3.8) is 0 Å². The Labute approximate surface area is 160 Å². The highest BCUT2D eigenvalue weighted by molar-refractivity contribution is 8.02. The second-order valence-electron chi connectivity index (χ2n) is 6.23. The van der Waals surface area contributed by atoms with Gasteiger partial charge >= 0.3 is 0 Å². The largest absolute Gasteiger partial charge is 0.497 e. The molecule has 0 aromatic heterocycles. The van der Waals surface area contributed by atoms with Crippen molar-refractivity contribution >= 4 is 40.9 Å². The van der Waals surface area contributed by atoms with Gasteiger partial charge in [-0.05, 0) is 30.3 Å². The van der Waals surface area contributed by atoms with Gasteiger partial charge in [0.25, 0.3) is 5.91 Å². The Morgan fingerprint density at radius 3 is 2.56 bits per heavy atom. The molecule has 1 fully saturated rings. The molecule has 2 aromatic rings. The standard InChI is InChI=1S/C19H17N3O4S/c1-26-13-8-6-12(7-9-13)22-17(24)11-27-19(22)14-4-2-3-5-15(14)21(18(19)25)10-16(20)23/h2-9H,10-11H2,1H3,(H2,20,23)/t19-/m0/s1. The van der Waals surface area contributed by atoms with Crippen LogP contribution in [0.5, 0.6) is 5.75 Å². The number of rotatable bonds is 4. The number of amides is 3. The molecule has 2 aromatic carbocycles. The Morgan fingerprint density at radius 2 is 1.89 bits per heavy atom. The van der Waals surface area contributed by atoms with Gasteiger partial charge in [-0.15, -0.1) is 11.8 Å². The van der Waals surface area contributed by atoms with Crippen LogP contribution in [0.3, 0.4) is 0 Å². The van der Waals surface area contributed by atoms with Gasteiger partial charge in [0.15, 0.2) is 0 Å². The van der Waals surface area contributed by atoms with Crippen LogP contribution >= 0.6 is 11.8 Å². The lowest BCUT2D eigenvalue weighted by Crippen LogP contribution is -2.51. The molecule has 0 radical (unpaired) electrons. The molecule has 2 aliphatic heterocycles. The van der Waals surface area contributed by atoms with Gasteiger partial charge in [0.2, 0.25) is 16.7 Å². The highest BCUT2D eigenvalue weighted by atomic mass is 32.2. The number of hydrogen-bond donors (Lipinski definition) is 1. The molecule has 3 amide bonds. The maximum atomic E-state index is 13.5. The molecule has 4 rings (SSSR count). The summed E-state index contributed by atoms with van der Waals surface area (Å²) in [7, 11) is 1.56. The lowest BCUT2D eigenvalue weighted by molar-refractivity contribution is -0.125. The Bertz CT molecular complexity index is 946. The summed E-state index contributed by atoms with van der Waals surface area (Å²) in [6, 6.07) is 14.2. The van der Waals surface area contributed by atoms with E-state index in [4.69, 9.17) is 10.5 Å². The summed E-state index contributed by atoms with van der Waals surface area (Å²) in [6.45, 7) is -0.233. The van der Waals surface area contributed by atoms with Crippen LogP contribution in [0.25, 0.3) is 0 Å². The van der Waals surface area contributed by atoms with E-state index >= 15 is 0 Å². The average molecular weight is 383 g/mol. The number of thioether (sulfide) groups is 1. The number of hydrogen-bond acceptors (Lipinski definition) is 5. The number of methoxy groups -OCH3 is 1. The van der Waals surface area contributed by atoms with Crippen molar-refractivity contribution in [1.29, 1.82) is 0 Å². The van der Waals surface area contributed by atoms with Gasteiger partial charge in [-0.3, -0.25) is 24.2 Å². The summed E-state index contributed by atoms with van der Waals surface area (Å²) in [6.07, 6.45) is 0. The highest BCUT2D eigenvalue weighted by Gasteiger charge is 2.61. The molecule has 2 heterocycles. The lowest BCUT2D eigenvalue weighted by Gasteiger charge is -2.33.